The second-order valence-electron chi connectivity index (χ2n) is 9.62. The minimum absolute atomic E-state index is 0.00196. The summed E-state index contributed by atoms with van der Waals surface area (Å²) < 4.78 is 36.7. The van der Waals surface area contributed by atoms with E-state index in [9.17, 15) is 18.0 Å². The number of hydrogen-bond acceptors (Lipinski definition) is 7. The van der Waals surface area contributed by atoms with Gasteiger partial charge in [0.25, 0.3) is 21.5 Å². The highest BCUT2D eigenvalue weighted by Crippen LogP contribution is 2.31. The maximum absolute atomic E-state index is 13.7. The van der Waals surface area contributed by atoms with Crippen molar-refractivity contribution in [1.29, 1.82) is 0 Å². The Morgan fingerprint density at radius 3 is 2.39 bits per heavy atom. The number of hydrogen-bond donors (Lipinski definition) is 2. The zero-order chi connectivity index (χ0) is 29.0. The quantitative estimate of drug-likeness (QED) is 0.286. The Hall–Kier alpha value is -3.93. The lowest BCUT2D eigenvalue weighted by Gasteiger charge is -2.30. The normalized spacial score (nSPS) is 13.8. The molecule has 4 aromatic rings. The first kappa shape index (κ1) is 28.6. The van der Waals surface area contributed by atoms with Crippen LogP contribution >= 0.6 is 11.6 Å². The minimum Gasteiger partial charge on any atom is -0.378 e. The largest absolute Gasteiger partial charge is 0.378 e. The molecule has 5 rings (SSSR count). The lowest BCUT2D eigenvalue weighted by Crippen LogP contribution is -2.37. The van der Waals surface area contributed by atoms with Crippen LogP contribution in [0.15, 0.2) is 76.4 Å². The van der Waals surface area contributed by atoms with E-state index in [-0.39, 0.29) is 21.8 Å². The number of sulfonamides is 1. The fourth-order valence-corrected chi connectivity index (χ4v) is 6.09. The minimum atomic E-state index is -4.07. The Kier molecular flexibility index (Phi) is 8.57. The summed E-state index contributed by atoms with van der Waals surface area (Å²) in [5.74, 6) is -0.556. The highest BCUT2D eigenvalue weighted by atomic mass is 35.5. The topological polar surface area (TPSA) is 123 Å². The third kappa shape index (κ3) is 6.37. The third-order valence-corrected chi connectivity index (χ3v) is 8.42. The first-order valence-electron chi connectivity index (χ1n) is 13.3. The maximum Gasteiger partial charge on any atom is 0.276 e. The zero-order valence-corrected chi connectivity index (χ0v) is 24.0. The van der Waals surface area contributed by atoms with Gasteiger partial charge in [0.15, 0.2) is 5.69 Å². The van der Waals surface area contributed by atoms with Gasteiger partial charge in [-0.3, -0.25) is 14.3 Å². The molecule has 0 atom stereocenters. The maximum atomic E-state index is 13.7. The van der Waals surface area contributed by atoms with Crippen LogP contribution < -0.4 is 20.5 Å². The van der Waals surface area contributed by atoms with Crippen LogP contribution in [0.4, 0.5) is 17.1 Å². The molecule has 2 N–H and O–H groups in total. The summed E-state index contributed by atoms with van der Waals surface area (Å²) in [7, 11) is -4.07. The van der Waals surface area contributed by atoms with Gasteiger partial charge in [-0.15, -0.1) is 0 Å². The summed E-state index contributed by atoms with van der Waals surface area (Å²) in [5, 5.41) is 8.48. The Bertz CT molecular complexity index is 1740. The first-order chi connectivity index (χ1) is 19.8. The van der Waals surface area contributed by atoms with E-state index in [2.05, 4.69) is 15.1 Å². The first-order valence-corrected chi connectivity index (χ1v) is 15.2. The number of aromatic nitrogens is 2. The Morgan fingerprint density at radius 2 is 1.68 bits per heavy atom. The molecular weight excluding hydrogens is 566 g/mol. The molecule has 41 heavy (non-hydrogen) atoms. The summed E-state index contributed by atoms with van der Waals surface area (Å²) in [6.45, 7) is 4.36. The molecule has 0 bridgehead atoms. The second kappa shape index (κ2) is 12.3. The van der Waals surface area contributed by atoms with E-state index in [1.807, 2.05) is 11.8 Å². The molecule has 1 aliphatic heterocycles. The number of carbonyl (C=O) groups is 1. The van der Waals surface area contributed by atoms with Crippen LogP contribution in [0.1, 0.15) is 30.3 Å². The van der Waals surface area contributed by atoms with E-state index in [4.69, 9.17) is 16.3 Å². The molecule has 1 aromatic heterocycles. The highest BCUT2D eigenvalue weighted by molar-refractivity contribution is 7.92. The van der Waals surface area contributed by atoms with Crippen molar-refractivity contribution in [1.82, 2.24) is 9.78 Å². The molecule has 1 aliphatic rings. The van der Waals surface area contributed by atoms with Crippen molar-refractivity contribution in [2.24, 2.45) is 0 Å². The zero-order valence-electron chi connectivity index (χ0n) is 22.5. The molecule has 3 aromatic carbocycles. The number of halogens is 1. The molecule has 0 aliphatic carbocycles. The van der Waals surface area contributed by atoms with Crippen molar-refractivity contribution in [2.75, 3.05) is 41.2 Å². The lowest BCUT2D eigenvalue weighted by molar-refractivity contribution is 0.102. The molecule has 1 fully saturated rings. The van der Waals surface area contributed by atoms with Gasteiger partial charge in [0.05, 0.1) is 24.3 Å². The second-order valence-corrected chi connectivity index (χ2v) is 11.7. The van der Waals surface area contributed by atoms with Crippen LogP contribution in [0, 0.1) is 0 Å². The molecular formula is C29H30ClN5O5S. The molecule has 0 radical (unpaired) electrons. The number of rotatable bonds is 9. The SMILES string of the molecule is CCCCn1nc(C(=O)Nc2ccc(N3CCOCC3)c(S(=O)(=O)Nc3ccc(Cl)cc3)c2)c2ccccc2c1=O. The number of aryl methyl sites for hydroxylation is 1. The fourth-order valence-electron chi connectivity index (χ4n) is 4.65. The number of carbonyl (C=O) groups excluding carboxylic acids is 1. The lowest BCUT2D eigenvalue weighted by atomic mass is 10.1. The van der Waals surface area contributed by atoms with Gasteiger partial charge in [0, 0.05) is 41.4 Å². The molecule has 214 valence electrons. The van der Waals surface area contributed by atoms with Crippen molar-refractivity contribution in [3.63, 3.8) is 0 Å². The number of ether oxygens (including phenoxy) is 1. The predicted molar refractivity (Wildman–Crippen MR) is 161 cm³/mol. The molecule has 1 saturated heterocycles. The van der Waals surface area contributed by atoms with E-state index in [1.54, 1.807) is 60.7 Å². The average Bonchev–Trinajstić information content (AvgIpc) is 2.98. The number of unbranched alkanes of at least 4 members (excludes halogenated alkanes) is 1. The number of amides is 1. The molecule has 0 spiro atoms. The number of nitrogens with zero attached hydrogens (tertiary/aromatic N) is 3. The van der Waals surface area contributed by atoms with Crippen LogP contribution in [0.2, 0.25) is 5.02 Å². The van der Waals surface area contributed by atoms with Gasteiger partial charge in [-0.05, 0) is 55.0 Å². The molecule has 10 nitrogen and oxygen atoms in total. The highest BCUT2D eigenvalue weighted by Gasteiger charge is 2.25. The molecule has 1 amide bonds. The molecule has 12 heteroatoms. The van der Waals surface area contributed by atoms with E-state index >= 15 is 0 Å². The smallest absolute Gasteiger partial charge is 0.276 e. The molecule has 0 saturated carbocycles. The number of benzene rings is 3. The van der Waals surface area contributed by atoms with Crippen LogP contribution in [0.3, 0.4) is 0 Å². The number of anilines is 3. The van der Waals surface area contributed by atoms with Crippen LogP contribution in [-0.4, -0.2) is 50.4 Å². The van der Waals surface area contributed by atoms with Gasteiger partial charge in [0.2, 0.25) is 0 Å². The Labute approximate surface area is 242 Å². The molecule has 0 unspecified atom stereocenters. The van der Waals surface area contributed by atoms with Gasteiger partial charge < -0.3 is 15.0 Å². The van der Waals surface area contributed by atoms with Gasteiger partial charge in [-0.2, -0.15) is 5.10 Å². The average molecular weight is 596 g/mol. The van der Waals surface area contributed by atoms with E-state index in [0.717, 1.165) is 12.8 Å². The predicted octanol–water partition coefficient (Wildman–Crippen LogP) is 4.74. The van der Waals surface area contributed by atoms with Crippen molar-refractivity contribution in [3.05, 3.63) is 87.8 Å². The van der Waals surface area contributed by atoms with E-state index in [0.29, 0.717) is 60.0 Å². The summed E-state index contributed by atoms with van der Waals surface area (Å²) in [4.78, 5) is 28.4. The van der Waals surface area contributed by atoms with Gasteiger partial charge >= 0.3 is 0 Å². The summed E-state index contributed by atoms with van der Waals surface area (Å²) in [6.07, 6.45) is 1.59. The van der Waals surface area contributed by atoms with Gasteiger partial charge in [-0.25, -0.2) is 13.1 Å². The Balaban J connectivity index is 1.52. The summed E-state index contributed by atoms with van der Waals surface area (Å²) >= 11 is 5.97. The summed E-state index contributed by atoms with van der Waals surface area (Å²) in [6, 6.07) is 17.9. The number of nitrogens with one attached hydrogen (secondary N) is 2. The van der Waals surface area contributed by atoms with Crippen LogP contribution in [-0.2, 0) is 21.3 Å². The van der Waals surface area contributed by atoms with Crippen LogP contribution in [0.5, 0.6) is 0 Å². The molecule has 2 heterocycles. The Morgan fingerprint density at radius 1 is 1.00 bits per heavy atom. The van der Waals surface area contributed by atoms with Crippen molar-refractivity contribution >= 4 is 55.4 Å². The van der Waals surface area contributed by atoms with Crippen LogP contribution in [0.25, 0.3) is 10.8 Å². The number of fused-ring (bicyclic) bond motifs is 1. The van der Waals surface area contributed by atoms with Gasteiger partial charge in [0.1, 0.15) is 4.90 Å². The summed E-state index contributed by atoms with van der Waals surface area (Å²) in [5.41, 5.74) is 0.922. The van der Waals surface area contributed by atoms with Crippen molar-refractivity contribution in [2.45, 2.75) is 31.2 Å². The monoisotopic (exact) mass is 595 g/mol. The van der Waals surface area contributed by atoms with E-state index in [1.165, 1.54) is 10.7 Å². The fraction of sp³-hybridized carbons (Fsp3) is 0.276. The van der Waals surface area contributed by atoms with Crippen molar-refractivity contribution < 1.29 is 17.9 Å². The van der Waals surface area contributed by atoms with E-state index < -0.39 is 15.9 Å². The van der Waals surface area contributed by atoms with Gasteiger partial charge in [-0.1, -0.05) is 43.1 Å². The number of morpholine rings is 1. The third-order valence-electron chi connectivity index (χ3n) is 6.76. The standard InChI is InChI=1S/C29H30ClN5O5S/c1-2-3-14-35-29(37)24-7-5-4-6-23(24)27(32-35)28(36)31-22-12-13-25(34-15-17-40-18-16-34)26(19-22)41(38,39)33-21-10-8-20(30)9-11-21/h4-13,19,33H,2-3,14-18H2,1H3,(H,31,36). The van der Waals surface area contributed by atoms with Crippen molar-refractivity contribution in [3.8, 4) is 0 Å².